The van der Waals surface area contributed by atoms with Crippen LogP contribution in [0.3, 0.4) is 0 Å². The van der Waals surface area contributed by atoms with E-state index in [-0.39, 0.29) is 24.1 Å². The number of nitrogens with zero attached hydrogens (tertiary/aromatic N) is 3. The Kier molecular flexibility index (Phi) is 5.31. The van der Waals surface area contributed by atoms with Gasteiger partial charge in [0, 0.05) is 22.5 Å². The van der Waals surface area contributed by atoms with Crippen molar-refractivity contribution in [1.29, 1.82) is 0 Å². The SMILES string of the molecule is Cc1cccc(CCC(=O)Cn2nc(-c3ccc(Br)cc3)n(C3CC3)c2=O)c1. The van der Waals surface area contributed by atoms with Crippen molar-refractivity contribution in [1.82, 2.24) is 14.3 Å². The van der Waals surface area contributed by atoms with Crippen LogP contribution >= 0.6 is 15.9 Å². The van der Waals surface area contributed by atoms with Gasteiger partial charge in [0.15, 0.2) is 11.6 Å². The van der Waals surface area contributed by atoms with Gasteiger partial charge < -0.3 is 0 Å². The number of hydrogen-bond acceptors (Lipinski definition) is 3. The molecule has 1 aromatic heterocycles. The van der Waals surface area contributed by atoms with Crippen molar-refractivity contribution in [2.24, 2.45) is 0 Å². The lowest BCUT2D eigenvalue weighted by Crippen LogP contribution is -2.27. The Hall–Kier alpha value is -2.47. The van der Waals surface area contributed by atoms with Gasteiger partial charge in [-0.05, 0) is 43.9 Å². The molecular formula is C22H22BrN3O2. The Balaban J connectivity index is 1.53. The van der Waals surface area contributed by atoms with E-state index in [1.807, 2.05) is 49.4 Å². The molecule has 0 aliphatic heterocycles. The van der Waals surface area contributed by atoms with Gasteiger partial charge in [-0.1, -0.05) is 57.9 Å². The van der Waals surface area contributed by atoms with Crippen molar-refractivity contribution in [2.45, 2.75) is 45.2 Å². The highest BCUT2D eigenvalue weighted by molar-refractivity contribution is 9.10. The zero-order chi connectivity index (χ0) is 19.7. The maximum atomic E-state index is 12.9. The van der Waals surface area contributed by atoms with E-state index in [1.165, 1.54) is 10.2 Å². The first kappa shape index (κ1) is 18.9. The summed E-state index contributed by atoms with van der Waals surface area (Å²) in [4.78, 5) is 25.4. The predicted molar refractivity (Wildman–Crippen MR) is 112 cm³/mol. The zero-order valence-electron chi connectivity index (χ0n) is 15.8. The fraction of sp³-hybridized carbons (Fsp3) is 0.318. The monoisotopic (exact) mass is 439 g/mol. The summed E-state index contributed by atoms with van der Waals surface area (Å²) in [6, 6.07) is 16.1. The molecule has 0 atom stereocenters. The molecule has 1 aliphatic carbocycles. The third-order valence-electron chi connectivity index (χ3n) is 4.99. The van der Waals surface area contributed by atoms with Crippen LogP contribution in [0.4, 0.5) is 0 Å². The van der Waals surface area contributed by atoms with Gasteiger partial charge in [0.2, 0.25) is 0 Å². The summed E-state index contributed by atoms with van der Waals surface area (Å²) in [6.07, 6.45) is 3.05. The number of aryl methyl sites for hydroxylation is 2. The van der Waals surface area contributed by atoms with Crippen LogP contribution in [0.2, 0.25) is 0 Å². The first-order valence-corrected chi connectivity index (χ1v) is 10.3. The number of rotatable bonds is 7. The molecule has 6 heteroatoms. The van der Waals surface area contributed by atoms with Crippen molar-refractivity contribution in [2.75, 3.05) is 0 Å². The Labute approximate surface area is 172 Å². The molecule has 0 saturated heterocycles. The van der Waals surface area contributed by atoms with Crippen LogP contribution in [0.5, 0.6) is 0 Å². The Morgan fingerprint density at radius 3 is 2.61 bits per heavy atom. The quantitative estimate of drug-likeness (QED) is 0.550. The van der Waals surface area contributed by atoms with Crippen LogP contribution < -0.4 is 5.69 Å². The van der Waals surface area contributed by atoms with E-state index in [1.54, 1.807) is 4.57 Å². The van der Waals surface area contributed by atoms with Crippen LogP contribution in [-0.2, 0) is 17.8 Å². The topological polar surface area (TPSA) is 56.9 Å². The number of benzene rings is 2. The first-order chi connectivity index (χ1) is 13.5. The molecule has 1 saturated carbocycles. The Bertz CT molecular complexity index is 1060. The molecule has 0 bridgehead atoms. The summed E-state index contributed by atoms with van der Waals surface area (Å²) in [5.41, 5.74) is 3.02. The Morgan fingerprint density at radius 2 is 1.93 bits per heavy atom. The zero-order valence-corrected chi connectivity index (χ0v) is 17.4. The van der Waals surface area contributed by atoms with Crippen molar-refractivity contribution >= 4 is 21.7 Å². The molecule has 1 heterocycles. The minimum absolute atomic E-state index is 0.0198. The van der Waals surface area contributed by atoms with Gasteiger partial charge >= 0.3 is 5.69 Å². The van der Waals surface area contributed by atoms with Crippen molar-refractivity contribution < 1.29 is 4.79 Å². The van der Waals surface area contributed by atoms with Gasteiger partial charge in [-0.25, -0.2) is 9.48 Å². The molecule has 2 aromatic carbocycles. The maximum absolute atomic E-state index is 12.9. The van der Waals surface area contributed by atoms with Crippen molar-refractivity contribution in [3.05, 3.63) is 74.6 Å². The lowest BCUT2D eigenvalue weighted by atomic mass is 10.1. The number of ketones is 1. The van der Waals surface area contributed by atoms with E-state index < -0.39 is 0 Å². The second-order valence-electron chi connectivity index (χ2n) is 7.40. The summed E-state index contributed by atoms with van der Waals surface area (Å²) < 4.78 is 4.05. The largest absolute Gasteiger partial charge is 0.346 e. The molecule has 1 aliphatic rings. The lowest BCUT2D eigenvalue weighted by molar-refractivity contribution is -0.119. The third-order valence-corrected chi connectivity index (χ3v) is 5.51. The first-order valence-electron chi connectivity index (χ1n) is 9.54. The summed E-state index contributed by atoms with van der Waals surface area (Å²) in [6.45, 7) is 2.06. The number of carbonyl (C=O) groups is 1. The highest BCUT2D eigenvalue weighted by Crippen LogP contribution is 2.36. The molecule has 144 valence electrons. The highest BCUT2D eigenvalue weighted by Gasteiger charge is 2.30. The van der Waals surface area contributed by atoms with E-state index in [4.69, 9.17) is 0 Å². The fourth-order valence-corrected chi connectivity index (χ4v) is 3.64. The molecule has 5 nitrogen and oxygen atoms in total. The van der Waals surface area contributed by atoms with Crippen molar-refractivity contribution in [3.63, 3.8) is 0 Å². The molecule has 0 N–H and O–H groups in total. The average molecular weight is 440 g/mol. The number of carbonyl (C=O) groups excluding carboxylic acids is 1. The molecular weight excluding hydrogens is 418 g/mol. The standard InChI is InChI=1S/C22H22BrN3O2/c1-15-3-2-4-16(13-15)5-12-20(27)14-25-22(28)26(19-10-11-19)21(24-25)17-6-8-18(23)9-7-17/h2-4,6-9,13,19H,5,10-12,14H2,1H3. The lowest BCUT2D eigenvalue weighted by Gasteiger charge is -2.03. The van der Waals surface area contributed by atoms with Crippen LogP contribution in [0, 0.1) is 6.92 Å². The van der Waals surface area contributed by atoms with Gasteiger partial charge in [0.05, 0.1) is 0 Å². The molecule has 0 unspecified atom stereocenters. The second kappa shape index (κ2) is 7.87. The summed E-state index contributed by atoms with van der Waals surface area (Å²) in [5.74, 6) is 0.665. The van der Waals surface area contributed by atoms with Gasteiger partial charge in [-0.15, -0.1) is 5.10 Å². The number of halogens is 1. The Morgan fingerprint density at radius 1 is 1.18 bits per heavy atom. The second-order valence-corrected chi connectivity index (χ2v) is 8.32. The van der Waals surface area contributed by atoms with E-state index >= 15 is 0 Å². The summed E-state index contributed by atoms with van der Waals surface area (Å²) in [7, 11) is 0. The van der Waals surface area contributed by atoms with Gasteiger partial charge in [0.25, 0.3) is 0 Å². The van der Waals surface area contributed by atoms with Crippen LogP contribution in [0.25, 0.3) is 11.4 Å². The molecule has 28 heavy (non-hydrogen) atoms. The number of aromatic nitrogens is 3. The molecule has 4 rings (SSSR count). The highest BCUT2D eigenvalue weighted by atomic mass is 79.9. The molecule has 0 amide bonds. The molecule has 0 spiro atoms. The van der Waals surface area contributed by atoms with Gasteiger partial charge in [-0.3, -0.25) is 9.36 Å². The van der Waals surface area contributed by atoms with Crippen molar-refractivity contribution in [3.8, 4) is 11.4 Å². The van der Waals surface area contributed by atoms with Gasteiger partial charge in [0.1, 0.15) is 6.54 Å². The van der Waals surface area contributed by atoms with Crippen LogP contribution in [0.15, 0.2) is 57.8 Å². The minimum atomic E-state index is -0.190. The smallest absolute Gasteiger partial charge is 0.298 e. The predicted octanol–water partition coefficient (Wildman–Crippen LogP) is 4.32. The van der Waals surface area contributed by atoms with E-state index in [2.05, 4.69) is 27.1 Å². The third kappa shape index (κ3) is 4.17. The number of hydrogen-bond donors (Lipinski definition) is 0. The van der Waals surface area contributed by atoms with Gasteiger partial charge in [-0.2, -0.15) is 0 Å². The van der Waals surface area contributed by atoms with E-state index in [0.717, 1.165) is 28.4 Å². The molecule has 3 aromatic rings. The molecule has 1 fully saturated rings. The summed E-state index contributed by atoms with van der Waals surface area (Å²) in [5, 5.41) is 4.51. The maximum Gasteiger partial charge on any atom is 0.346 e. The van der Waals surface area contributed by atoms with Crippen LogP contribution in [0.1, 0.15) is 36.4 Å². The average Bonchev–Trinajstić information content (AvgIpc) is 3.46. The fourth-order valence-electron chi connectivity index (χ4n) is 3.38. The number of Topliss-reactive ketones (excluding diaryl/α,β-unsaturated/α-hetero) is 1. The molecule has 0 radical (unpaired) electrons. The summed E-state index contributed by atoms with van der Waals surface area (Å²) >= 11 is 3.43. The normalized spacial score (nSPS) is 13.6. The minimum Gasteiger partial charge on any atom is -0.298 e. The van der Waals surface area contributed by atoms with E-state index in [9.17, 15) is 9.59 Å². The van der Waals surface area contributed by atoms with E-state index in [0.29, 0.717) is 18.7 Å². The van der Waals surface area contributed by atoms with Crippen LogP contribution in [-0.4, -0.2) is 20.1 Å².